The number of rotatable bonds is 7. The molecule has 0 fully saturated rings. The fourth-order valence-electron chi connectivity index (χ4n) is 2.16. The second-order valence-electron chi connectivity index (χ2n) is 5.54. The number of halogens is 2. The first-order chi connectivity index (χ1) is 10.5. The number of hydrogen-bond donors (Lipinski definition) is 0. The molecule has 0 radical (unpaired) electrons. The first-order valence-electron chi connectivity index (χ1n) is 7.31. The molecule has 0 aliphatic heterocycles. The first-order valence-corrected chi connectivity index (χ1v) is 9.46. The Morgan fingerprint density at radius 2 is 1.45 bits per heavy atom. The first kappa shape index (κ1) is 18.2. The van der Waals surface area contributed by atoms with Crippen LogP contribution in [0.2, 0.25) is 0 Å². The van der Waals surface area contributed by atoms with Crippen LogP contribution in [0, 0.1) is 7.14 Å². The maximum atomic E-state index is 6.17. The molecule has 0 aliphatic carbocycles. The monoisotopic (exact) mass is 521 g/mol. The lowest BCUT2D eigenvalue weighted by atomic mass is 10.0. The van der Waals surface area contributed by atoms with Crippen molar-refractivity contribution in [2.45, 2.75) is 12.5 Å². The van der Waals surface area contributed by atoms with E-state index in [0.717, 1.165) is 19.6 Å². The average Bonchev–Trinajstić information content (AvgIpc) is 2.49. The van der Waals surface area contributed by atoms with Crippen LogP contribution in [0.4, 0.5) is 0 Å². The van der Waals surface area contributed by atoms with Crippen LogP contribution in [-0.4, -0.2) is 32.1 Å². The van der Waals surface area contributed by atoms with Gasteiger partial charge < -0.3 is 9.64 Å². The highest BCUT2D eigenvalue weighted by molar-refractivity contribution is 14.1. The molecule has 4 heteroatoms. The number of hydrogen-bond acceptors (Lipinski definition) is 2. The summed E-state index contributed by atoms with van der Waals surface area (Å²) in [7, 11) is 4.14. The van der Waals surface area contributed by atoms with Crippen LogP contribution < -0.4 is 0 Å². The second kappa shape index (κ2) is 9.20. The molecule has 2 aromatic rings. The van der Waals surface area contributed by atoms with Crippen molar-refractivity contribution < 1.29 is 4.74 Å². The summed E-state index contributed by atoms with van der Waals surface area (Å²) in [5, 5.41) is 0. The maximum absolute atomic E-state index is 6.17. The third-order valence-corrected chi connectivity index (χ3v) is 4.87. The summed E-state index contributed by atoms with van der Waals surface area (Å²) in [5.41, 5.74) is 2.56. The third kappa shape index (κ3) is 6.14. The molecule has 0 saturated carbocycles. The summed E-state index contributed by atoms with van der Waals surface area (Å²) in [6.45, 7) is 1.68. The van der Waals surface area contributed by atoms with Crippen LogP contribution in [-0.2, 0) is 11.2 Å². The molecule has 118 valence electrons. The molecule has 1 atom stereocenters. The zero-order chi connectivity index (χ0) is 15.9. The Hall–Kier alpha value is -0.180. The SMILES string of the molecule is CN(C)CCOC(Cc1ccc(I)cc1)c1ccc(I)cc1. The van der Waals surface area contributed by atoms with Gasteiger partial charge in [-0.3, -0.25) is 0 Å². The van der Waals surface area contributed by atoms with Gasteiger partial charge in [-0.25, -0.2) is 0 Å². The molecule has 2 nitrogen and oxygen atoms in total. The Morgan fingerprint density at radius 3 is 2.00 bits per heavy atom. The van der Waals surface area contributed by atoms with Gasteiger partial charge in [-0.15, -0.1) is 0 Å². The van der Waals surface area contributed by atoms with Gasteiger partial charge in [0.15, 0.2) is 0 Å². The van der Waals surface area contributed by atoms with Crippen LogP contribution in [0.3, 0.4) is 0 Å². The molecular formula is C18H21I2NO. The van der Waals surface area contributed by atoms with Gasteiger partial charge in [0, 0.05) is 20.1 Å². The summed E-state index contributed by atoms with van der Waals surface area (Å²) in [6, 6.07) is 17.3. The molecule has 2 rings (SSSR count). The summed E-state index contributed by atoms with van der Waals surface area (Å²) in [5.74, 6) is 0. The molecule has 0 saturated heterocycles. The second-order valence-corrected chi connectivity index (χ2v) is 8.04. The van der Waals surface area contributed by atoms with Gasteiger partial charge in [-0.05, 0) is 94.7 Å². The van der Waals surface area contributed by atoms with E-state index >= 15 is 0 Å². The van der Waals surface area contributed by atoms with Gasteiger partial charge in [0.1, 0.15) is 0 Å². The van der Waals surface area contributed by atoms with E-state index in [1.165, 1.54) is 18.3 Å². The number of ether oxygens (including phenoxy) is 1. The fourth-order valence-corrected chi connectivity index (χ4v) is 2.88. The van der Waals surface area contributed by atoms with E-state index in [2.05, 4.69) is 113 Å². The molecule has 1 unspecified atom stereocenters. The van der Waals surface area contributed by atoms with E-state index in [1.54, 1.807) is 0 Å². The van der Waals surface area contributed by atoms with E-state index in [-0.39, 0.29) is 6.10 Å². The molecule has 0 aliphatic rings. The molecule has 0 bridgehead atoms. The molecule has 0 aromatic heterocycles. The maximum Gasteiger partial charge on any atom is 0.0865 e. The van der Waals surface area contributed by atoms with Crippen molar-refractivity contribution in [1.29, 1.82) is 0 Å². The summed E-state index contributed by atoms with van der Waals surface area (Å²) in [4.78, 5) is 2.15. The lowest BCUT2D eigenvalue weighted by Gasteiger charge is -2.20. The standard InChI is InChI=1S/C18H21I2NO/c1-21(2)11-12-22-18(15-5-9-17(20)10-6-15)13-14-3-7-16(19)8-4-14/h3-10,18H,11-13H2,1-2H3. The molecular weight excluding hydrogens is 500 g/mol. The lowest BCUT2D eigenvalue weighted by molar-refractivity contribution is 0.0436. The fraction of sp³-hybridized carbons (Fsp3) is 0.333. The van der Waals surface area contributed by atoms with Crippen LogP contribution in [0.15, 0.2) is 48.5 Å². The van der Waals surface area contributed by atoms with Gasteiger partial charge in [-0.1, -0.05) is 24.3 Å². The van der Waals surface area contributed by atoms with Crippen LogP contribution in [0.1, 0.15) is 17.2 Å². The Balaban J connectivity index is 2.09. The lowest BCUT2D eigenvalue weighted by Crippen LogP contribution is -2.20. The molecule has 0 heterocycles. The van der Waals surface area contributed by atoms with Crippen molar-refractivity contribution in [3.8, 4) is 0 Å². The zero-order valence-corrected chi connectivity index (χ0v) is 17.2. The van der Waals surface area contributed by atoms with E-state index in [0.29, 0.717) is 0 Å². The predicted molar refractivity (Wildman–Crippen MR) is 109 cm³/mol. The van der Waals surface area contributed by atoms with Gasteiger partial charge in [0.2, 0.25) is 0 Å². The van der Waals surface area contributed by atoms with Crippen LogP contribution >= 0.6 is 45.2 Å². The highest BCUT2D eigenvalue weighted by Gasteiger charge is 2.13. The van der Waals surface area contributed by atoms with Gasteiger partial charge >= 0.3 is 0 Å². The van der Waals surface area contributed by atoms with Crippen LogP contribution in [0.25, 0.3) is 0 Å². The average molecular weight is 521 g/mol. The van der Waals surface area contributed by atoms with E-state index < -0.39 is 0 Å². The third-order valence-electron chi connectivity index (χ3n) is 3.43. The topological polar surface area (TPSA) is 12.5 Å². The molecule has 0 amide bonds. The Kier molecular flexibility index (Phi) is 7.59. The van der Waals surface area contributed by atoms with Crippen LogP contribution in [0.5, 0.6) is 0 Å². The largest absolute Gasteiger partial charge is 0.372 e. The molecule has 0 N–H and O–H groups in total. The van der Waals surface area contributed by atoms with Crippen molar-refractivity contribution in [2.75, 3.05) is 27.2 Å². The van der Waals surface area contributed by atoms with Gasteiger partial charge in [-0.2, -0.15) is 0 Å². The Labute approximate surface area is 160 Å². The van der Waals surface area contributed by atoms with E-state index in [9.17, 15) is 0 Å². The van der Waals surface area contributed by atoms with Crippen molar-refractivity contribution >= 4 is 45.2 Å². The normalized spacial score (nSPS) is 12.6. The Bertz CT molecular complexity index is 567. The molecule has 22 heavy (non-hydrogen) atoms. The Morgan fingerprint density at radius 1 is 0.909 bits per heavy atom. The molecule has 0 spiro atoms. The highest BCUT2D eigenvalue weighted by atomic mass is 127. The van der Waals surface area contributed by atoms with E-state index in [4.69, 9.17) is 4.74 Å². The number of benzene rings is 2. The van der Waals surface area contributed by atoms with Crippen molar-refractivity contribution in [1.82, 2.24) is 4.90 Å². The minimum Gasteiger partial charge on any atom is -0.372 e. The van der Waals surface area contributed by atoms with Gasteiger partial charge in [0.25, 0.3) is 0 Å². The minimum absolute atomic E-state index is 0.108. The minimum atomic E-state index is 0.108. The number of nitrogens with zero attached hydrogens (tertiary/aromatic N) is 1. The van der Waals surface area contributed by atoms with Crippen molar-refractivity contribution in [3.63, 3.8) is 0 Å². The number of likely N-dealkylation sites (N-methyl/N-ethyl adjacent to an activating group) is 1. The van der Waals surface area contributed by atoms with Gasteiger partial charge in [0.05, 0.1) is 12.7 Å². The quantitative estimate of drug-likeness (QED) is 0.488. The summed E-state index contributed by atoms with van der Waals surface area (Å²) < 4.78 is 8.68. The van der Waals surface area contributed by atoms with Crippen molar-refractivity contribution in [2.24, 2.45) is 0 Å². The molecule has 2 aromatic carbocycles. The highest BCUT2D eigenvalue weighted by Crippen LogP contribution is 2.24. The van der Waals surface area contributed by atoms with Crippen molar-refractivity contribution in [3.05, 3.63) is 66.8 Å². The smallest absolute Gasteiger partial charge is 0.0865 e. The zero-order valence-electron chi connectivity index (χ0n) is 12.9. The summed E-state index contributed by atoms with van der Waals surface area (Å²) >= 11 is 4.67. The predicted octanol–water partition coefficient (Wildman–Crippen LogP) is 4.76. The van der Waals surface area contributed by atoms with E-state index in [1.807, 2.05) is 0 Å². The summed E-state index contributed by atoms with van der Waals surface area (Å²) in [6.07, 6.45) is 1.02.